The average molecular weight is 133 g/mol. The Bertz CT molecular complexity index is 150. The van der Waals surface area contributed by atoms with Crippen LogP contribution in [0, 0.1) is 6.42 Å². The number of allylic oxidation sites excluding steroid dienone is 2. The summed E-state index contributed by atoms with van der Waals surface area (Å²) < 4.78 is 0. The summed E-state index contributed by atoms with van der Waals surface area (Å²) in [5, 5.41) is 0. The molecule has 2 rings (SSSR count). The van der Waals surface area contributed by atoms with Gasteiger partial charge in [-0.15, -0.1) is 0 Å². The zero-order chi connectivity index (χ0) is 6.81. The topological polar surface area (TPSA) is 3.24 Å². The summed E-state index contributed by atoms with van der Waals surface area (Å²) in [6.07, 6.45) is 14.3. The van der Waals surface area contributed by atoms with E-state index in [1.807, 2.05) is 0 Å². The summed E-state index contributed by atoms with van der Waals surface area (Å²) in [5.74, 6) is 0. The predicted octanol–water partition coefficient (Wildman–Crippen LogP) is 1.62. The maximum absolute atomic E-state index is 3.41. The van der Waals surface area contributed by atoms with Gasteiger partial charge in [0.15, 0.2) is 0 Å². The van der Waals surface area contributed by atoms with E-state index in [2.05, 4.69) is 35.7 Å². The Labute approximate surface area is 62.0 Å². The molecule has 0 aromatic heterocycles. The van der Waals surface area contributed by atoms with Crippen molar-refractivity contribution in [3.05, 3.63) is 30.8 Å². The quantitative estimate of drug-likeness (QED) is 0.485. The number of piperidine rings is 1. The maximum atomic E-state index is 3.41. The van der Waals surface area contributed by atoms with Gasteiger partial charge in [0.1, 0.15) is 0 Å². The monoisotopic (exact) mass is 133 g/mol. The zero-order valence-corrected chi connectivity index (χ0v) is 5.96. The Hall–Kier alpha value is -0.720. The van der Waals surface area contributed by atoms with Crippen LogP contribution >= 0.6 is 0 Å². The summed E-state index contributed by atoms with van der Waals surface area (Å²) in [7, 11) is 0. The van der Waals surface area contributed by atoms with Crippen LogP contribution in [0.15, 0.2) is 24.4 Å². The lowest BCUT2D eigenvalue weighted by molar-refractivity contribution is 0.298. The molecule has 10 heavy (non-hydrogen) atoms. The Morgan fingerprint density at radius 2 is 2.40 bits per heavy atom. The second-order valence-electron chi connectivity index (χ2n) is 2.72. The van der Waals surface area contributed by atoms with Crippen molar-refractivity contribution in [2.24, 2.45) is 0 Å². The summed E-state index contributed by atoms with van der Waals surface area (Å²) in [4.78, 5) is 2.32. The van der Waals surface area contributed by atoms with Crippen LogP contribution in [0.25, 0.3) is 0 Å². The van der Waals surface area contributed by atoms with Gasteiger partial charge in [0, 0.05) is 13.0 Å². The SMILES string of the molecule is [C]1CCCN2C=CC=CC12. The Balaban J connectivity index is 2.09. The maximum Gasteiger partial charge on any atom is 0.0539 e. The van der Waals surface area contributed by atoms with Crippen LogP contribution in [0.5, 0.6) is 0 Å². The van der Waals surface area contributed by atoms with E-state index in [1.54, 1.807) is 0 Å². The van der Waals surface area contributed by atoms with Crippen molar-refractivity contribution in [1.82, 2.24) is 4.90 Å². The predicted molar refractivity (Wildman–Crippen MR) is 41.3 cm³/mol. The molecule has 0 N–H and O–H groups in total. The highest BCUT2D eigenvalue weighted by molar-refractivity contribution is 5.17. The van der Waals surface area contributed by atoms with Crippen LogP contribution in [0.3, 0.4) is 0 Å². The molecule has 2 aliphatic heterocycles. The van der Waals surface area contributed by atoms with E-state index in [-0.39, 0.29) is 0 Å². The van der Waals surface area contributed by atoms with Gasteiger partial charge in [-0.25, -0.2) is 0 Å². The summed E-state index contributed by atoms with van der Waals surface area (Å²) in [5.41, 5.74) is 0. The minimum absolute atomic E-state index is 0.471. The number of hydrogen-bond donors (Lipinski definition) is 0. The molecular formula is C9H11N. The highest BCUT2D eigenvalue weighted by Crippen LogP contribution is 2.19. The molecule has 0 aromatic carbocycles. The fourth-order valence-corrected chi connectivity index (χ4v) is 1.44. The highest BCUT2D eigenvalue weighted by atomic mass is 15.1. The van der Waals surface area contributed by atoms with Gasteiger partial charge in [0.25, 0.3) is 0 Å². The Morgan fingerprint density at radius 3 is 3.30 bits per heavy atom. The van der Waals surface area contributed by atoms with Crippen molar-refractivity contribution in [3.8, 4) is 0 Å². The standard InChI is InChI=1S/C9H11N/c1-3-7-10-8-4-2-6-9(10)5-1/h1,3,5,7,9H,2,4,8H2. The number of rotatable bonds is 0. The second kappa shape index (κ2) is 2.49. The first-order valence-corrected chi connectivity index (χ1v) is 3.81. The molecule has 1 saturated heterocycles. The van der Waals surface area contributed by atoms with Gasteiger partial charge < -0.3 is 4.90 Å². The molecular weight excluding hydrogens is 122 g/mol. The van der Waals surface area contributed by atoms with Gasteiger partial charge in [-0.05, 0) is 25.1 Å². The van der Waals surface area contributed by atoms with Crippen LogP contribution < -0.4 is 0 Å². The van der Waals surface area contributed by atoms with Crippen LogP contribution in [-0.4, -0.2) is 17.5 Å². The molecule has 52 valence electrons. The molecule has 2 radical (unpaired) electrons. The van der Waals surface area contributed by atoms with Gasteiger partial charge in [-0.2, -0.15) is 0 Å². The van der Waals surface area contributed by atoms with Gasteiger partial charge in [0.05, 0.1) is 6.04 Å². The van der Waals surface area contributed by atoms with E-state index in [1.165, 1.54) is 13.0 Å². The molecule has 2 aliphatic rings. The van der Waals surface area contributed by atoms with Crippen LogP contribution in [-0.2, 0) is 0 Å². The minimum Gasteiger partial charge on any atom is -0.370 e. The lowest BCUT2D eigenvalue weighted by Gasteiger charge is -2.33. The highest BCUT2D eigenvalue weighted by Gasteiger charge is 2.18. The van der Waals surface area contributed by atoms with Crippen LogP contribution in [0.2, 0.25) is 0 Å². The third-order valence-electron chi connectivity index (χ3n) is 1.99. The number of hydrogen-bond acceptors (Lipinski definition) is 1. The molecule has 0 bridgehead atoms. The van der Waals surface area contributed by atoms with E-state index in [0.29, 0.717) is 6.04 Å². The largest absolute Gasteiger partial charge is 0.370 e. The molecule has 1 nitrogen and oxygen atoms in total. The normalized spacial score (nSPS) is 30.4. The van der Waals surface area contributed by atoms with Crippen molar-refractivity contribution in [3.63, 3.8) is 0 Å². The van der Waals surface area contributed by atoms with Crippen LogP contribution in [0.1, 0.15) is 12.8 Å². The van der Waals surface area contributed by atoms with Gasteiger partial charge in [-0.3, -0.25) is 0 Å². The fraction of sp³-hybridized carbons (Fsp3) is 0.444. The van der Waals surface area contributed by atoms with E-state index in [9.17, 15) is 0 Å². The summed E-state index contributed by atoms with van der Waals surface area (Å²) in [6, 6.07) is 0.471. The van der Waals surface area contributed by atoms with E-state index in [4.69, 9.17) is 0 Å². The Kier molecular flexibility index (Phi) is 1.50. The van der Waals surface area contributed by atoms with Crippen molar-refractivity contribution < 1.29 is 0 Å². The van der Waals surface area contributed by atoms with Gasteiger partial charge >= 0.3 is 0 Å². The van der Waals surface area contributed by atoms with E-state index in [0.717, 1.165) is 6.42 Å². The first kappa shape index (κ1) is 6.02. The fourth-order valence-electron chi connectivity index (χ4n) is 1.44. The van der Waals surface area contributed by atoms with Crippen molar-refractivity contribution in [1.29, 1.82) is 0 Å². The minimum atomic E-state index is 0.471. The molecule has 1 atom stereocenters. The zero-order valence-electron chi connectivity index (χ0n) is 5.96. The van der Waals surface area contributed by atoms with Gasteiger partial charge in [0.2, 0.25) is 0 Å². The molecule has 2 heterocycles. The van der Waals surface area contributed by atoms with Gasteiger partial charge in [-0.1, -0.05) is 12.2 Å². The first-order valence-electron chi connectivity index (χ1n) is 3.81. The lowest BCUT2D eigenvalue weighted by atomic mass is 10.0. The smallest absolute Gasteiger partial charge is 0.0539 e. The third kappa shape index (κ3) is 0.962. The summed E-state index contributed by atoms with van der Waals surface area (Å²) >= 11 is 0. The molecule has 0 saturated carbocycles. The number of nitrogens with zero attached hydrogens (tertiary/aromatic N) is 1. The molecule has 1 heteroatoms. The average Bonchev–Trinajstić information content (AvgIpc) is 2.05. The molecule has 1 unspecified atom stereocenters. The molecule has 1 fully saturated rings. The Morgan fingerprint density at radius 1 is 1.40 bits per heavy atom. The third-order valence-corrected chi connectivity index (χ3v) is 1.99. The molecule has 0 aromatic rings. The first-order chi connectivity index (χ1) is 4.97. The van der Waals surface area contributed by atoms with Crippen molar-refractivity contribution in [2.75, 3.05) is 6.54 Å². The van der Waals surface area contributed by atoms with Crippen molar-refractivity contribution in [2.45, 2.75) is 18.9 Å². The number of fused-ring (bicyclic) bond motifs is 1. The lowest BCUT2D eigenvalue weighted by Crippen LogP contribution is -2.35. The van der Waals surface area contributed by atoms with E-state index < -0.39 is 0 Å². The summed E-state index contributed by atoms with van der Waals surface area (Å²) in [6.45, 7) is 1.19. The van der Waals surface area contributed by atoms with E-state index >= 15 is 0 Å². The van der Waals surface area contributed by atoms with Crippen molar-refractivity contribution >= 4 is 0 Å². The van der Waals surface area contributed by atoms with Crippen LogP contribution in [0.4, 0.5) is 0 Å². The molecule has 0 amide bonds. The molecule has 0 aliphatic carbocycles. The molecule has 0 spiro atoms. The second-order valence-corrected chi connectivity index (χ2v) is 2.72.